The lowest BCUT2D eigenvalue weighted by Crippen LogP contribution is -2.34. The molecule has 1 aliphatic heterocycles. The summed E-state index contributed by atoms with van der Waals surface area (Å²) in [4.78, 5) is 28.0. The van der Waals surface area contributed by atoms with Gasteiger partial charge in [-0.3, -0.25) is 20.2 Å². The van der Waals surface area contributed by atoms with E-state index in [0.717, 1.165) is 12.8 Å². The lowest BCUT2D eigenvalue weighted by atomic mass is 10.2. The number of nitrogens with zero attached hydrogens (tertiary/aromatic N) is 3. The number of nitrogens with one attached hydrogen (secondary N) is 1. The Bertz CT molecular complexity index is 1260. The average Bonchev–Trinajstić information content (AvgIpc) is 3.55. The highest BCUT2D eigenvalue weighted by atomic mass is 32.2. The summed E-state index contributed by atoms with van der Waals surface area (Å²) in [5, 5.41) is 17.0. The number of thiazole rings is 1. The molecular formula is C20H20N4O6S3. The molecule has 33 heavy (non-hydrogen) atoms. The summed E-state index contributed by atoms with van der Waals surface area (Å²) in [7, 11) is -2.18. The highest BCUT2D eigenvalue weighted by Crippen LogP contribution is 2.33. The number of carbonyl (C=O) groups is 1. The van der Waals surface area contributed by atoms with E-state index in [1.165, 1.54) is 69.7 Å². The maximum Gasteiger partial charge on any atom is 0.280 e. The van der Waals surface area contributed by atoms with Crippen molar-refractivity contribution in [1.29, 1.82) is 0 Å². The molecule has 0 spiro atoms. The first-order chi connectivity index (χ1) is 15.7. The second-order valence-electron chi connectivity index (χ2n) is 7.36. The van der Waals surface area contributed by atoms with Crippen LogP contribution in [-0.2, 0) is 14.8 Å². The topological polar surface area (TPSA) is 132 Å². The van der Waals surface area contributed by atoms with E-state index in [4.69, 9.17) is 4.74 Å². The Kier molecular flexibility index (Phi) is 6.86. The molecule has 3 aromatic rings. The SMILES string of the molecule is CN(CC1CCCO1)S(=O)(=O)c1ccc(C(=O)Nc2nc(-c3cc([N+](=O)[O-])cs3)cs2)cc1. The fourth-order valence-electron chi connectivity index (χ4n) is 3.30. The summed E-state index contributed by atoms with van der Waals surface area (Å²) in [5.74, 6) is -0.440. The maximum absolute atomic E-state index is 12.8. The zero-order chi connectivity index (χ0) is 23.6. The van der Waals surface area contributed by atoms with Gasteiger partial charge in [0.2, 0.25) is 10.0 Å². The Morgan fingerprint density at radius 3 is 2.70 bits per heavy atom. The molecule has 174 valence electrons. The number of hydrogen-bond acceptors (Lipinski definition) is 9. The van der Waals surface area contributed by atoms with E-state index >= 15 is 0 Å². The van der Waals surface area contributed by atoms with E-state index in [-0.39, 0.29) is 28.8 Å². The van der Waals surface area contributed by atoms with Crippen LogP contribution in [0.1, 0.15) is 23.2 Å². The second kappa shape index (κ2) is 9.65. The van der Waals surface area contributed by atoms with Crippen molar-refractivity contribution in [2.45, 2.75) is 23.8 Å². The van der Waals surface area contributed by atoms with Crippen LogP contribution in [0, 0.1) is 10.1 Å². The van der Waals surface area contributed by atoms with Crippen LogP contribution in [0.3, 0.4) is 0 Å². The Labute approximate surface area is 198 Å². The molecule has 4 rings (SSSR count). The molecule has 0 radical (unpaired) electrons. The largest absolute Gasteiger partial charge is 0.377 e. The molecule has 1 amide bonds. The standard InChI is InChI=1S/C20H20N4O6S3/c1-23(10-15-3-2-8-30-15)33(28,29)16-6-4-13(5-7-16)19(25)22-20-21-17(12-32-20)18-9-14(11-31-18)24(26)27/h4-7,9,11-12,15H,2-3,8,10H2,1H3,(H,21,22,25). The van der Waals surface area contributed by atoms with Crippen LogP contribution in [0.4, 0.5) is 10.8 Å². The van der Waals surface area contributed by atoms with Gasteiger partial charge in [0.25, 0.3) is 11.6 Å². The Hall–Kier alpha value is -2.71. The normalized spacial score (nSPS) is 16.2. The van der Waals surface area contributed by atoms with Crippen molar-refractivity contribution in [2.24, 2.45) is 0 Å². The lowest BCUT2D eigenvalue weighted by molar-refractivity contribution is -0.384. The van der Waals surface area contributed by atoms with Crippen LogP contribution in [-0.4, -0.2) is 54.8 Å². The number of rotatable bonds is 8. The van der Waals surface area contributed by atoms with E-state index in [2.05, 4.69) is 10.3 Å². The Morgan fingerprint density at radius 1 is 1.30 bits per heavy atom. The molecule has 1 aromatic carbocycles. The summed E-state index contributed by atoms with van der Waals surface area (Å²) in [5.41, 5.74) is 0.799. The van der Waals surface area contributed by atoms with Crippen molar-refractivity contribution < 1.29 is 22.9 Å². The van der Waals surface area contributed by atoms with E-state index in [1.54, 1.807) is 5.38 Å². The summed E-state index contributed by atoms with van der Waals surface area (Å²) in [6.45, 7) is 0.931. The minimum Gasteiger partial charge on any atom is -0.377 e. The molecule has 0 aliphatic carbocycles. The summed E-state index contributed by atoms with van der Waals surface area (Å²) < 4.78 is 32.4. The number of carbonyl (C=O) groups excluding carboxylic acids is 1. The third kappa shape index (κ3) is 5.28. The van der Waals surface area contributed by atoms with Crippen molar-refractivity contribution >= 4 is 49.4 Å². The van der Waals surface area contributed by atoms with Gasteiger partial charge in [0, 0.05) is 37.2 Å². The lowest BCUT2D eigenvalue weighted by Gasteiger charge is -2.20. The van der Waals surface area contributed by atoms with Crippen molar-refractivity contribution in [3.8, 4) is 10.6 Å². The smallest absolute Gasteiger partial charge is 0.280 e. The van der Waals surface area contributed by atoms with E-state index in [1.807, 2.05) is 0 Å². The Balaban J connectivity index is 1.41. The van der Waals surface area contributed by atoms with E-state index < -0.39 is 20.9 Å². The molecule has 10 nitrogen and oxygen atoms in total. The minimum atomic E-state index is -3.69. The number of hydrogen-bond donors (Lipinski definition) is 1. The fraction of sp³-hybridized carbons (Fsp3) is 0.300. The summed E-state index contributed by atoms with van der Waals surface area (Å²) in [6.07, 6.45) is 1.66. The van der Waals surface area contributed by atoms with Gasteiger partial charge < -0.3 is 4.74 Å². The summed E-state index contributed by atoms with van der Waals surface area (Å²) in [6, 6.07) is 7.11. The number of likely N-dealkylation sites (N-methyl/N-ethyl adjacent to an activating group) is 1. The van der Waals surface area contributed by atoms with Gasteiger partial charge in [0.05, 0.1) is 31.9 Å². The van der Waals surface area contributed by atoms with Crippen LogP contribution in [0.5, 0.6) is 0 Å². The maximum atomic E-state index is 12.8. The molecule has 0 bridgehead atoms. The highest BCUT2D eigenvalue weighted by molar-refractivity contribution is 7.89. The van der Waals surface area contributed by atoms with Gasteiger partial charge >= 0.3 is 0 Å². The monoisotopic (exact) mass is 508 g/mol. The molecular weight excluding hydrogens is 488 g/mol. The highest BCUT2D eigenvalue weighted by Gasteiger charge is 2.26. The number of sulfonamides is 1. The molecule has 1 saturated heterocycles. The van der Waals surface area contributed by atoms with Gasteiger partial charge in [-0.2, -0.15) is 4.31 Å². The molecule has 1 unspecified atom stereocenters. The molecule has 3 heterocycles. The molecule has 2 aromatic heterocycles. The number of amides is 1. The first-order valence-electron chi connectivity index (χ1n) is 9.92. The predicted octanol–water partition coefficient (Wildman–Crippen LogP) is 3.83. The molecule has 0 saturated carbocycles. The molecule has 1 N–H and O–H groups in total. The first kappa shape index (κ1) is 23.4. The van der Waals surface area contributed by atoms with Crippen molar-refractivity contribution in [2.75, 3.05) is 25.5 Å². The molecule has 13 heteroatoms. The van der Waals surface area contributed by atoms with Crippen LogP contribution in [0.25, 0.3) is 10.6 Å². The zero-order valence-corrected chi connectivity index (χ0v) is 19.9. The summed E-state index contributed by atoms with van der Waals surface area (Å²) >= 11 is 2.39. The number of ether oxygens (including phenoxy) is 1. The second-order valence-corrected chi connectivity index (χ2v) is 11.2. The Morgan fingerprint density at radius 2 is 2.06 bits per heavy atom. The van der Waals surface area contributed by atoms with Crippen LogP contribution in [0.15, 0.2) is 46.0 Å². The van der Waals surface area contributed by atoms with E-state index in [9.17, 15) is 23.3 Å². The third-order valence-corrected chi connectivity index (χ3v) is 8.62. The number of benzene rings is 1. The van der Waals surface area contributed by atoms with Crippen LogP contribution in [0.2, 0.25) is 0 Å². The molecule has 1 atom stereocenters. The number of thiophene rings is 1. The van der Waals surface area contributed by atoms with Gasteiger partial charge in [0.1, 0.15) is 0 Å². The van der Waals surface area contributed by atoms with E-state index in [0.29, 0.717) is 22.3 Å². The van der Waals surface area contributed by atoms with Gasteiger partial charge in [0.15, 0.2) is 5.13 Å². The number of aromatic nitrogens is 1. The average molecular weight is 509 g/mol. The quantitative estimate of drug-likeness (QED) is 0.361. The van der Waals surface area contributed by atoms with Crippen LogP contribution >= 0.6 is 22.7 Å². The zero-order valence-electron chi connectivity index (χ0n) is 17.5. The molecule has 1 fully saturated rings. The van der Waals surface area contributed by atoms with Gasteiger partial charge in [-0.15, -0.1) is 22.7 Å². The van der Waals surface area contributed by atoms with Gasteiger partial charge in [-0.25, -0.2) is 13.4 Å². The van der Waals surface area contributed by atoms with Crippen molar-refractivity contribution in [3.05, 3.63) is 56.8 Å². The van der Waals surface area contributed by atoms with Gasteiger partial charge in [-0.1, -0.05) is 0 Å². The third-order valence-electron chi connectivity index (χ3n) is 5.08. The predicted molar refractivity (Wildman–Crippen MR) is 125 cm³/mol. The molecule has 1 aliphatic rings. The number of anilines is 1. The number of nitro groups is 1. The van der Waals surface area contributed by atoms with Crippen molar-refractivity contribution in [3.63, 3.8) is 0 Å². The van der Waals surface area contributed by atoms with Gasteiger partial charge in [-0.05, 0) is 37.1 Å². The minimum absolute atomic E-state index is 0.00922. The van der Waals surface area contributed by atoms with Crippen LogP contribution < -0.4 is 5.32 Å². The fourth-order valence-corrected chi connectivity index (χ4v) is 6.10. The first-order valence-corrected chi connectivity index (χ1v) is 13.1. The van der Waals surface area contributed by atoms with Crippen molar-refractivity contribution in [1.82, 2.24) is 9.29 Å².